The third-order valence-corrected chi connectivity index (χ3v) is 4.28. The Balaban J connectivity index is 2.03. The molecule has 0 unspecified atom stereocenters. The lowest BCUT2D eigenvalue weighted by atomic mass is 10.1. The van der Waals surface area contributed by atoms with E-state index in [-0.39, 0.29) is 16.8 Å². The number of hydrogen-bond acceptors (Lipinski definition) is 3. The molecule has 98 valence electrons. The van der Waals surface area contributed by atoms with E-state index in [9.17, 15) is 4.79 Å². The lowest BCUT2D eigenvalue weighted by Gasteiger charge is -2.18. The summed E-state index contributed by atoms with van der Waals surface area (Å²) in [4.78, 5) is 12.1. The van der Waals surface area contributed by atoms with Crippen molar-refractivity contribution < 1.29 is 4.79 Å². The fourth-order valence-corrected chi connectivity index (χ4v) is 3.26. The first-order chi connectivity index (χ1) is 8.35. The molecule has 1 amide bonds. The Kier molecular flexibility index (Phi) is 3.69. The smallest absolute Gasteiger partial charge is 0.242 e. The van der Waals surface area contributed by atoms with E-state index in [1.807, 2.05) is 26.0 Å². The highest BCUT2D eigenvalue weighted by atomic mass is 32.2. The summed E-state index contributed by atoms with van der Waals surface area (Å²) in [6.07, 6.45) is 0. The number of hydrogen-bond donors (Lipinski definition) is 2. The standard InChI is InChI=1S/C14H20N2OS/c1-9-5-10(2)7-11(6-9)15-13(17)12-8-18-14(3,4)16-12/h5-7,12,16H,8H2,1-4H3,(H,15,17)/t12-/m0/s1. The van der Waals surface area contributed by atoms with Gasteiger partial charge in [0, 0.05) is 11.4 Å². The van der Waals surface area contributed by atoms with Crippen LogP contribution in [-0.2, 0) is 4.79 Å². The lowest BCUT2D eigenvalue weighted by Crippen LogP contribution is -2.44. The molecule has 18 heavy (non-hydrogen) atoms. The summed E-state index contributed by atoms with van der Waals surface area (Å²) in [6, 6.07) is 5.99. The summed E-state index contributed by atoms with van der Waals surface area (Å²) >= 11 is 1.78. The second-order valence-corrected chi connectivity index (χ2v) is 7.03. The van der Waals surface area contributed by atoms with E-state index in [1.165, 1.54) is 11.1 Å². The first-order valence-corrected chi connectivity index (χ1v) is 7.15. The zero-order valence-electron chi connectivity index (χ0n) is 11.3. The molecule has 1 saturated heterocycles. The molecule has 0 aromatic heterocycles. The highest BCUT2D eigenvalue weighted by Crippen LogP contribution is 2.29. The van der Waals surface area contributed by atoms with Crippen LogP contribution in [0.4, 0.5) is 5.69 Å². The molecule has 2 rings (SSSR count). The van der Waals surface area contributed by atoms with Gasteiger partial charge in [0.1, 0.15) is 0 Å². The average Bonchev–Trinajstić information content (AvgIpc) is 2.57. The number of nitrogens with one attached hydrogen (secondary N) is 2. The number of amides is 1. The van der Waals surface area contributed by atoms with Crippen LogP contribution in [0.1, 0.15) is 25.0 Å². The van der Waals surface area contributed by atoms with Crippen LogP contribution < -0.4 is 10.6 Å². The topological polar surface area (TPSA) is 41.1 Å². The van der Waals surface area contributed by atoms with E-state index in [2.05, 4.69) is 30.5 Å². The fraction of sp³-hybridized carbons (Fsp3) is 0.500. The van der Waals surface area contributed by atoms with Gasteiger partial charge in [0.15, 0.2) is 0 Å². The molecular weight excluding hydrogens is 244 g/mol. The van der Waals surface area contributed by atoms with Gasteiger partial charge in [0.2, 0.25) is 5.91 Å². The Morgan fingerprint density at radius 3 is 2.44 bits per heavy atom. The van der Waals surface area contributed by atoms with E-state index < -0.39 is 0 Å². The molecule has 1 fully saturated rings. The number of carbonyl (C=O) groups excluding carboxylic acids is 1. The van der Waals surface area contributed by atoms with Gasteiger partial charge in [-0.05, 0) is 51.0 Å². The van der Waals surface area contributed by atoms with Crippen molar-refractivity contribution in [1.82, 2.24) is 5.32 Å². The number of anilines is 1. The van der Waals surface area contributed by atoms with Crippen LogP contribution in [0.15, 0.2) is 18.2 Å². The summed E-state index contributed by atoms with van der Waals surface area (Å²) < 4.78 is 0. The Morgan fingerprint density at radius 2 is 1.94 bits per heavy atom. The molecule has 3 nitrogen and oxygen atoms in total. The number of carbonyl (C=O) groups is 1. The van der Waals surface area contributed by atoms with Crippen LogP contribution in [0, 0.1) is 13.8 Å². The quantitative estimate of drug-likeness (QED) is 0.863. The number of benzene rings is 1. The minimum atomic E-state index is -0.106. The Hall–Kier alpha value is -1.00. The van der Waals surface area contributed by atoms with Crippen molar-refractivity contribution in [3.63, 3.8) is 0 Å². The van der Waals surface area contributed by atoms with Crippen molar-refractivity contribution in [3.8, 4) is 0 Å². The molecule has 0 bridgehead atoms. The van der Waals surface area contributed by atoms with Gasteiger partial charge in [-0.3, -0.25) is 10.1 Å². The maximum absolute atomic E-state index is 12.1. The summed E-state index contributed by atoms with van der Waals surface area (Å²) in [7, 11) is 0. The molecule has 0 radical (unpaired) electrons. The van der Waals surface area contributed by atoms with E-state index in [1.54, 1.807) is 11.8 Å². The van der Waals surface area contributed by atoms with Crippen molar-refractivity contribution in [2.75, 3.05) is 11.1 Å². The third kappa shape index (κ3) is 3.27. The predicted molar refractivity (Wildman–Crippen MR) is 78.0 cm³/mol. The summed E-state index contributed by atoms with van der Waals surface area (Å²) in [5, 5.41) is 6.32. The lowest BCUT2D eigenvalue weighted by molar-refractivity contribution is -0.117. The van der Waals surface area contributed by atoms with E-state index in [0.29, 0.717) is 0 Å². The summed E-state index contributed by atoms with van der Waals surface area (Å²) in [5.74, 6) is 0.877. The number of aryl methyl sites for hydroxylation is 2. The fourth-order valence-electron chi connectivity index (χ4n) is 2.21. The molecule has 4 heteroatoms. The first kappa shape index (κ1) is 13.4. The summed E-state index contributed by atoms with van der Waals surface area (Å²) in [5.41, 5.74) is 3.22. The molecular formula is C14H20N2OS. The number of thioether (sulfide) groups is 1. The molecule has 0 saturated carbocycles. The molecule has 1 aromatic rings. The predicted octanol–water partition coefficient (Wildman–Crippen LogP) is 2.68. The molecule has 1 atom stereocenters. The van der Waals surface area contributed by atoms with Gasteiger partial charge >= 0.3 is 0 Å². The molecule has 1 aliphatic heterocycles. The molecule has 1 aliphatic rings. The van der Waals surface area contributed by atoms with Crippen LogP contribution in [0.3, 0.4) is 0 Å². The Bertz CT molecular complexity index is 451. The SMILES string of the molecule is Cc1cc(C)cc(NC(=O)[C@@H]2CSC(C)(C)N2)c1. The third-order valence-electron chi connectivity index (χ3n) is 2.94. The van der Waals surface area contributed by atoms with Crippen molar-refractivity contribution in [2.24, 2.45) is 0 Å². The molecule has 0 aliphatic carbocycles. The zero-order chi connectivity index (χ0) is 13.3. The highest BCUT2D eigenvalue weighted by molar-refractivity contribution is 8.00. The van der Waals surface area contributed by atoms with Crippen LogP contribution in [0.5, 0.6) is 0 Å². The van der Waals surface area contributed by atoms with Gasteiger partial charge in [-0.15, -0.1) is 11.8 Å². The van der Waals surface area contributed by atoms with E-state index in [0.717, 1.165) is 11.4 Å². The summed E-state index contributed by atoms with van der Waals surface area (Å²) in [6.45, 7) is 8.27. The second-order valence-electron chi connectivity index (χ2n) is 5.38. The van der Waals surface area contributed by atoms with Crippen molar-refractivity contribution in [3.05, 3.63) is 29.3 Å². The molecule has 0 spiro atoms. The maximum atomic E-state index is 12.1. The van der Waals surface area contributed by atoms with Crippen molar-refractivity contribution in [1.29, 1.82) is 0 Å². The molecule has 2 N–H and O–H groups in total. The van der Waals surface area contributed by atoms with Gasteiger partial charge in [-0.1, -0.05) is 6.07 Å². The second kappa shape index (κ2) is 4.94. The first-order valence-electron chi connectivity index (χ1n) is 6.16. The van der Waals surface area contributed by atoms with Gasteiger partial charge in [-0.25, -0.2) is 0 Å². The molecule has 1 aromatic carbocycles. The van der Waals surface area contributed by atoms with Gasteiger partial charge < -0.3 is 5.32 Å². The Labute approximate surface area is 113 Å². The Morgan fingerprint density at radius 1 is 1.33 bits per heavy atom. The zero-order valence-corrected chi connectivity index (χ0v) is 12.1. The van der Waals surface area contributed by atoms with E-state index >= 15 is 0 Å². The van der Waals surface area contributed by atoms with Crippen molar-refractivity contribution in [2.45, 2.75) is 38.6 Å². The minimum absolute atomic E-state index is 0.00940. The van der Waals surface area contributed by atoms with Gasteiger partial charge in [-0.2, -0.15) is 0 Å². The van der Waals surface area contributed by atoms with Gasteiger partial charge in [0.25, 0.3) is 0 Å². The van der Waals surface area contributed by atoms with Gasteiger partial charge in [0.05, 0.1) is 10.9 Å². The largest absolute Gasteiger partial charge is 0.325 e. The highest BCUT2D eigenvalue weighted by Gasteiger charge is 2.34. The molecule has 1 heterocycles. The minimum Gasteiger partial charge on any atom is -0.325 e. The monoisotopic (exact) mass is 264 g/mol. The van der Waals surface area contributed by atoms with Crippen LogP contribution in [0.2, 0.25) is 0 Å². The normalized spacial score (nSPS) is 21.9. The average molecular weight is 264 g/mol. The van der Waals surface area contributed by atoms with Crippen LogP contribution >= 0.6 is 11.8 Å². The van der Waals surface area contributed by atoms with Crippen LogP contribution in [0.25, 0.3) is 0 Å². The van der Waals surface area contributed by atoms with Crippen LogP contribution in [-0.4, -0.2) is 22.6 Å². The van der Waals surface area contributed by atoms with E-state index in [4.69, 9.17) is 0 Å². The maximum Gasteiger partial charge on any atom is 0.242 e. The number of rotatable bonds is 2. The van der Waals surface area contributed by atoms with Crippen molar-refractivity contribution >= 4 is 23.4 Å².